The van der Waals surface area contributed by atoms with Crippen LogP contribution in [0.15, 0.2) is 10.00 Å². The number of hydrogen-bond donors (Lipinski definition) is 2. The molecule has 0 radical (unpaired) electrons. The van der Waals surface area contributed by atoms with Gasteiger partial charge in [-0.1, -0.05) is 0 Å². The Balaban J connectivity index is 4.10. The average molecular weight is 218 g/mol. The lowest BCUT2D eigenvalue weighted by Gasteiger charge is -2.19. The molecule has 0 fully saturated rings. The molecule has 0 aliphatic heterocycles. The molecule has 0 aromatic carbocycles. The summed E-state index contributed by atoms with van der Waals surface area (Å²) in [5.41, 5.74) is 0. The number of rotatable bonds is 6. The van der Waals surface area contributed by atoms with Crippen LogP contribution in [0.3, 0.4) is 0 Å². The molecule has 0 amide bonds. The van der Waals surface area contributed by atoms with Crippen LogP contribution >= 0.6 is 8.37 Å². The third-order valence-electron chi connectivity index (χ3n) is 1.13. The minimum atomic E-state index is -0.714. The van der Waals surface area contributed by atoms with Gasteiger partial charge in [-0.3, -0.25) is 10.2 Å². The molecule has 0 aliphatic carbocycles. The fourth-order valence-corrected chi connectivity index (χ4v) is 2.20. The van der Waals surface area contributed by atoms with Crippen LogP contribution in [0.1, 0.15) is 41.5 Å². The van der Waals surface area contributed by atoms with Crippen LogP contribution in [0.4, 0.5) is 0 Å². The van der Waals surface area contributed by atoms with Crippen molar-refractivity contribution in [2.75, 3.05) is 0 Å². The van der Waals surface area contributed by atoms with Gasteiger partial charge in [0.05, 0.1) is 6.04 Å². The van der Waals surface area contributed by atoms with Gasteiger partial charge in [0.15, 0.2) is 8.37 Å². The van der Waals surface area contributed by atoms with Crippen LogP contribution < -0.4 is 10.2 Å². The highest BCUT2D eigenvalue weighted by molar-refractivity contribution is 7.51. The van der Waals surface area contributed by atoms with Crippen molar-refractivity contribution in [3.63, 3.8) is 0 Å². The zero-order valence-electron chi connectivity index (χ0n) is 10.1. The average Bonchev–Trinajstić information content (AvgIpc) is 1.97. The van der Waals surface area contributed by atoms with Gasteiger partial charge in [-0.2, -0.15) is 5.11 Å². The van der Waals surface area contributed by atoms with E-state index in [9.17, 15) is 0 Å². The molecule has 0 heterocycles. The van der Waals surface area contributed by atoms with Gasteiger partial charge in [0.2, 0.25) is 0 Å². The lowest BCUT2D eigenvalue weighted by Crippen LogP contribution is -2.27. The summed E-state index contributed by atoms with van der Waals surface area (Å²) in [6, 6.07) is 1.12. The van der Waals surface area contributed by atoms with Crippen molar-refractivity contribution in [3.8, 4) is 0 Å². The van der Waals surface area contributed by atoms with Gasteiger partial charge in [-0.05, 0) is 41.5 Å². The quantitative estimate of drug-likeness (QED) is 0.531. The third kappa shape index (κ3) is 8.54. The summed E-state index contributed by atoms with van der Waals surface area (Å²) in [5, 5.41) is 10.9. The third-order valence-corrected chi connectivity index (χ3v) is 2.94. The van der Waals surface area contributed by atoms with Crippen LogP contribution in [-0.4, -0.2) is 18.1 Å². The van der Waals surface area contributed by atoms with Crippen molar-refractivity contribution in [2.45, 2.75) is 59.7 Å². The summed E-state index contributed by atoms with van der Waals surface area (Å²) < 4.78 is 0. The normalized spacial score (nSPS) is 13.0. The first-order chi connectivity index (χ1) is 6.41. The van der Waals surface area contributed by atoms with Gasteiger partial charge in [0, 0.05) is 12.1 Å². The zero-order valence-corrected chi connectivity index (χ0v) is 11.0. The molecular formula is C9H23N4P. The van der Waals surface area contributed by atoms with Gasteiger partial charge in [-0.25, -0.2) is 0 Å². The molecule has 0 spiro atoms. The first-order valence-corrected chi connectivity index (χ1v) is 6.44. The predicted octanol–water partition coefficient (Wildman–Crippen LogP) is 3.07. The fraction of sp³-hybridized carbons (Fsp3) is 1.00. The van der Waals surface area contributed by atoms with Crippen molar-refractivity contribution in [2.24, 2.45) is 10.00 Å². The molecule has 0 rings (SSSR count). The molecule has 14 heavy (non-hydrogen) atoms. The van der Waals surface area contributed by atoms with Crippen LogP contribution in [0.5, 0.6) is 0 Å². The molecule has 0 saturated carbocycles. The Morgan fingerprint density at radius 1 is 0.857 bits per heavy atom. The minimum Gasteiger partial charge on any atom is -0.261 e. The molecule has 0 aromatic heterocycles. The zero-order chi connectivity index (χ0) is 11.1. The van der Waals surface area contributed by atoms with E-state index in [0.717, 1.165) is 0 Å². The van der Waals surface area contributed by atoms with E-state index in [0.29, 0.717) is 12.1 Å². The number of nitrogens with one attached hydrogen (secondary N) is 2. The Morgan fingerprint density at radius 2 is 1.29 bits per heavy atom. The molecule has 5 heteroatoms. The summed E-state index contributed by atoms with van der Waals surface area (Å²) in [7, 11) is -0.714. The van der Waals surface area contributed by atoms with E-state index in [1.54, 1.807) is 0 Å². The maximum Gasteiger partial charge on any atom is 0.187 e. The molecular weight excluding hydrogens is 195 g/mol. The van der Waals surface area contributed by atoms with Gasteiger partial charge in [0.1, 0.15) is 0 Å². The summed E-state index contributed by atoms with van der Waals surface area (Å²) in [4.78, 5) is 4.27. The second-order valence-electron chi connectivity index (χ2n) is 4.18. The first kappa shape index (κ1) is 13.9. The van der Waals surface area contributed by atoms with E-state index in [2.05, 4.69) is 47.9 Å². The molecule has 2 N–H and O–H groups in total. The van der Waals surface area contributed by atoms with Gasteiger partial charge < -0.3 is 0 Å². The van der Waals surface area contributed by atoms with Crippen molar-refractivity contribution in [3.05, 3.63) is 0 Å². The SMILES string of the molecule is CC(C)N=NP(NC(C)C)NC(C)C. The Kier molecular flexibility index (Phi) is 7.24. The van der Waals surface area contributed by atoms with Gasteiger partial charge in [0.25, 0.3) is 0 Å². The molecule has 0 aliphatic rings. The van der Waals surface area contributed by atoms with E-state index >= 15 is 0 Å². The molecule has 84 valence electrons. The maximum absolute atomic E-state index is 4.27. The van der Waals surface area contributed by atoms with Crippen LogP contribution in [-0.2, 0) is 0 Å². The van der Waals surface area contributed by atoms with Crippen molar-refractivity contribution in [1.82, 2.24) is 10.2 Å². The second kappa shape index (κ2) is 7.27. The number of nitrogens with zero attached hydrogens (tertiary/aromatic N) is 2. The van der Waals surface area contributed by atoms with Crippen molar-refractivity contribution >= 4 is 8.37 Å². The lowest BCUT2D eigenvalue weighted by molar-refractivity contribution is 0.702. The van der Waals surface area contributed by atoms with E-state index < -0.39 is 8.37 Å². The maximum atomic E-state index is 4.27. The summed E-state index contributed by atoms with van der Waals surface area (Å²) >= 11 is 0. The summed E-state index contributed by atoms with van der Waals surface area (Å²) in [5.74, 6) is 0. The van der Waals surface area contributed by atoms with E-state index in [1.807, 2.05) is 13.8 Å². The van der Waals surface area contributed by atoms with Crippen molar-refractivity contribution < 1.29 is 0 Å². The molecule has 0 atom stereocenters. The highest BCUT2D eigenvalue weighted by Crippen LogP contribution is 2.29. The van der Waals surface area contributed by atoms with Crippen LogP contribution in [0.25, 0.3) is 0 Å². The van der Waals surface area contributed by atoms with E-state index in [1.165, 1.54) is 0 Å². The van der Waals surface area contributed by atoms with Crippen LogP contribution in [0.2, 0.25) is 0 Å². The molecule has 0 bridgehead atoms. The predicted molar refractivity (Wildman–Crippen MR) is 63.5 cm³/mol. The van der Waals surface area contributed by atoms with Crippen molar-refractivity contribution in [1.29, 1.82) is 0 Å². The molecule has 0 unspecified atom stereocenters. The lowest BCUT2D eigenvalue weighted by atomic mass is 10.4. The highest BCUT2D eigenvalue weighted by atomic mass is 31.1. The van der Waals surface area contributed by atoms with Gasteiger partial charge >= 0.3 is 0 Å². The van der Waals surface area contributed by atoms with Gasteiger partial charge in [-0.15, -0.1) is 4.88 Å². The highest BCUT2D eigenvalue weighted by Gasteiger charge is 2.09. The Bertz CT molecular complexity index is 158. The molecule has 4 nitrogen and oxygen atoms in total. The number of hydrogen-bond acceptors (Lipinski definition) is 4. The smallest absolute Gasteiger partial charge is 0.187 e. The molecule has 0 saturated heterocycles. The first-order valence-electron chi connectivity index (χ1n) is 5.15. The Labute approximate surface area is 88.9 Å². The monoisotopic (exact) mass is 218 g/mol. The van der Waals surface area contributed by atoms with E-state index in [4.69, 9.17) is 0 Å². The standard InChI is InChI=1S/C9H23N4P/c1-7(2)10-13-14(11-8(3)4)12-9(5)6/h7-9,11-12H,1-6H3. The fourth-order valence-electron chi connectivity index (χ4n) is 0.733. The minimum absolute atomic E-state index is 0.267. The van der Waals surface area contributed by atoms with Crippen LogP contribution in [0, 0.1) is 0 Å². The Morgan fingerprint density at radius 3 is 1.57 bits per heavy atom. The topological polar surface area (TPSA) is 48.8 Å². The van der Waals surface area contributed by atoms with E-state index in [-0.39, 0.29) is 6.04 Å². The summed E-state index contributed by atoms with van der Waals surface area (Å²) in [6.07, 6.45) is 0. The molecule has 0 aromatic rings. The second-order valence-corrected chi connectivity index (χ2v) is 5.50. The largest absolute Gasteiger partial charge is 0.261 e. The Hall–Kier alpha value is -0.0500. The summed E-state index contributed by atoms with van der Waals surface area (Å²) in [6.45, 7) is 12.5.